The van der Waals surface area contributed by atoms with E-state index in [9.17, 15) is 4.39 Å². The Labute approximate surface area is 154 Å². The Morgan fingerprint density at radius 3 is 2.48 bits per heavy atom. The Hall–Kier alpha value is -1.80. The summed E-state index contributed by atoms with van der Waals surface area (Å²) in [7, 11) is 0. The van der Waals surface area contributed by atoms with Gasteiger partial charge in [0.1, 0.15) is 5.82 Å². The van der Waals surface area contributed by atoms with Gasteiger partial charge in [-0.25, -0.2) is 4.39 Å². The first kappa shape index (κ1) is 18.0. The first-order valence-corrected chi connectivity index (χ1v) is 9.51. The Morgan fingerprint density at radius 2 is 1.84 bits per heavy atom. The van der Waals surface area contributed by atoms with Gasteiger partial charge in [-0.15, -0.1) is 0 Å². The number of aromatic nitrogens is 1. The Morgan fingerprint density at radius 1 is 1.12 bits per heavy atom. The van der Waals surface area contributed by atoms with Crippen LogP contribution < -0.4 is 0 Å². The lowest BCUT2D eigenvalue weighted by Gasteiger charge is -2.14. The maximum atomic E-state index is 13.9. The standard InChI is InChI=1S/C22H25ClFN/c1-4-6-7-17-18-12-19(23)20(24)13-21(18)25-22(17)14(3)16-10-8-15(5-2)9-11-16/h8-14,25H,4-7H2,1-3H3. The summed E-state index contributed by atoms with van der Waals surface area (Å²) >= 11 is 6.04. The fourth-order valence-corrected chi connectivity index (χ4v) is 3.63. The highest BCUT2D eigenvalue weighted by Gasteiger charge is 2.19. The summed E-state index contributed by atoms with van der Waals surface area (Å²) < 4.78 is 13.9. The molecule has 0 fully saturated rings. The van der Waals surface area contributed by atoms with Gasteiger partial charge in [-0.1, -0.05) is 63.1 Å². The van der Waals surface area contributed by atoms with Gasteiger partial charge >= 0.3 is 0 Å². The Kier molecular flexibility index (Phi) is 5.48. The predicted molar refractivity (Wildman–Crippen MR) is 105 cm³/mol. The van der Waals surface area contributed by atoms with E-state index in [1.165, 1.54) is 28.5 Å². The van der Waals surface area contributed by atoms with E-state index in [1.54, 1.807) is 6.07 Å². The third-order valence-corrected chi connectivity index (χ3v) is 5.37. The van der Waals surface area contributed by atoms with Crippen LogP contribution in [-0.4, -0.2) is 4.98 Å². The molecule has 0 aliphatic heterocycles. The molecule has 0 saturated heterocycles. The summed E-state index contributed by atoms with van der Waals surface area (Å²) in [4.78, 5) is 3.47. The van der Waals surface area contributed by atoms with Gasteiger partial charge in [0, 0.05) is 22.5 Å². The molecule has 0 amide bonds. The molecule has 1 aromatic heterocycles. The first-order valence-electron chi connectivity index (χ1n) is 9.13. The molecule has 0 saturated carbocycles. The summed E-state index contributed by atoms with van der Waals surface area (Å²) in [5.41, 5.74) is 5.89. The zero-order valence-corrected chi connectivity index (χ0v) is 15.9. The molecule has 3 aromatic rings. The number of aryl methyl sites for hydroxylation is 2. The number of halogens is 2. The monoisotopic (exact) mass is 357 g/mol. The molecule has 1 unspecified atom stereocenters. The molecule has 0 aliphatic rings. The maximum Gasteiger partial charge on any atom is 0.143 e. The molecule has 0 aliphatic carbocycles. The number of hydrogen-bond donors (Lipinski definition) is 1. The van der Waals surface area contributed by atoms with Crippen LogP contribution >= 0.6 is 11.6 Å². The fraction of sp³-hybridized carbons (Fsp3) is 0.364. The lowest BCUT2D eigenvalue weighted by molar-refractivity contribution is 0.630. The summed E-state index contributed by atoms with van der Waals surface area (Å²) in [6.07, 6.45) is 4.25. The van der Waals surface area contributed by atoms with Gasteiger partial charge in [0.05, 0.1) is 5.02 Å². The van der Waals surface area contributed by atoms with Crippen molar-refractivity contribution in [3.8, 4) is 0 Å². The number of nitrogens with one attached hydrogen (secondary N) is 1. The number of aromatic amines is 1. The van der Waals surface area contributed by atoms with E-state index in [0.29, 0.717) is 0 Å². The molecule has 1 nitrogen and oxygen atoms in total. The summed E-state index contributed by atoms with van der Waals surface area (Å²) in [6, 6.07) is 12.1. The van der Waals surface area contributed by atoms with Crippen LogP contribution in [0.3, 0.4) is 0 Å². The van der Waals surface area contributed by atoms with Crippen LogP contribution in [0.2, 0.25) is 5.02 Å². The lowest BCUT2D eigenvalue weighted by atomic mass is 9.92. The minimum Gasteiger partial charge on any atom is -0.358 e. The van der Waals surface area contributed by atoms with Gasteiger partial charge in [-0.05, 0) is 48.1 Å². The number of hydrogen-bond acceptors (Lipinski definition) is 0. The van der Waals surface area contributed by atoms with Crippen molar-refractivity contribution >= 4 is 22.5 Å². The van der Waals surface area contributed by atoms with Crippen molar-refractivity contribution in [1.29, 1.82) is 0 Å². The van der Waals surface area contributed by atoms with Crippen molar-refractivity contribution < 1.29 is 4.39 Å². The third-order valence-electron chi connectivity index (χ3n) is 5.08. The highest BCUT2D eigenvalue weighted by Crippen LogP contribution is 2.35. The van der Waals surface area contributed by atoms with Crippen molar-refractivity contribution in [2.24, 2.45) is 0 Å². The van der Waals surface area contributed by atoms with Crippen molar-refractivity contribution in [2.75, 3.05) is 0 Å². The topological polar surface area (TPSA) is 15.8 Å². The number of rotatable bonds is 6. The smallest absolute Gasteiger partial charge is 0.143 e. The molecule has 0 radical (unpaired) electrons. The Bertz CT molecular complexity index is 864. The number of benzene rings is 2. The average molecular weight is 358 g/mol. The highest BCUT2D eigenvalue weighted by molar-refractivity contribution is 6.31. The van der Waals surface area contributed by atoms with Gasteiger partial charge in [0.25, 0.3) is 0 Å². The summed E-state index contributed by atoms with van der Waals surface area (Å²) in [5, 5.41) is 1.24. The van der Waals surface area contributed by atoms with Crippen LogP contribution in [0.5, 0.6) is 0 Å². The SMILES string of the molecule is CCCCc1c(C(C)c2ccc(CC)cc2)[nH]c2cc(F)c(Cl)cc12. The third kappa shape index (κ3) is 3.59. The second-order valence-corrected chi connectivity index (χ2v) is 7.16. The molecule has 2 aromatic carbocycles. The van der Waals surface area contributed by atoms with Gasteiger partial charge in [0.15, 0.2) is 0 Å². The van der Waals surface area contributed by atoms with Crippen LogP contribution in [0.4, 0.5) is 4.39 Å². The molecule has 3 heteroatoms. The molecule has 1 atom stereocenters. The zero-order chi connectivity index (χ0) is 18.0. The summed E-state index contributed by atoms with van der Waals surface area (Å²) in [6.45, 7) is 6.56. The average Bonchev–Trinajstić information content (AvgIpc) is 2.97. The van der Waals surface area contributed by atoms with Crippen molar-refractivity contribution in [3.63, 3.8) is 0 Å². The lowest BCUT2D eigenvalue weighted by Crippen LogP contribution is -2.01. The molecular formula is C22H25ClFN. The van der Waals surface area contributed by atoms with Gasteiger partial charge in [-0.2, -0.15) is 0 Å². The largest absolute Gasteiger partial charge is 0.358 e. The molecule has 25 heavy (non-hydrogen) atoms. The molecule has 1 heterocycles. The van der Waals surface area contributed by atoms with Crippen molar-refractivity contribution in [3.05, 3.63) is 69.6 Å². The van der Waals surface area contributed by atoms with E-state index in [1.807, 2.05) is 0 Å². The van der Waals surface area contributed by atoms with Crippen LogP contribution in [0.15, 0.2) is 36.4 Å². The molecule has 3 rings (SSSR count). The van der Waals surface area contributed by atoms with E-state index in [2.05, 4.69) is 50.0 Å². The summed E-state index contributed by atoms with van der Waals surface area (Å²) in [5.74, 6) is -0.143. The molecule has 0 spiro atoms. The molecule has 0 bridgehead atoms. The number of H-pyrrole nitrogens is 1. The normalized spacial score (nSPS) is 12.7. The predicted octanol–water partition coefficient (Wildman–Crippen LogP) is 7.02. The van der Waals surface area contributed by atoms with Crippen molar-refractivity contribution in [2.45, 2.75) is 52.4 Å². The quantitative estimate of drug-likeness (QED) is 0.488. The fourth-order valence-electron chi connectivity index (χ4n) is 3.47. The number of unbranched alkanes of at least 4 members (excludes halogenated alkanes) is 1. The first-order chi connectivity index (χ1) is 12.0. The molecule has 132 valence electrons. The van der Waals surface area contributed by atoms with E-state index >= 15 is 0 Å². The second kappa shape index (κ2) is 7.61. The van der Waals surface area contributed by atoms with E-state index in [-0.39, 0.29) is 16.8 Å². The van der Waals surface area contributed by atoms with Crippen LogP contribution in [0.25, 0.3) is 10.9 Å². The highest BCUT2D eigenvalue weighted by atomic mass is 35.5. The minimum atomic E-state index is -0.371. The molecule has 1 N–H and O–H groups in total. The molecular weight excluding hydrogens is 333 g/mol. The van der Waals surface area contributed by atoms with Gasteiger partial charge in [0.2, 0.25) is 0 Å². The van der Waals surface area contributed by atoms with Crippen molar-refractivity contribution in [1.82, 2.24) is 4.98 Å². The van der Waals surface area contributed by atoms with Crippen LogP contribution in [-0.2, 0) is 12.8 Å². The Balaban J connectivity index is 2.08. The zero-order valence-electron chi connectivity index (χ0n) is 15.1. The van der Waals surface area contributed by atoms with Crippen LogP contribution in [0, 0.1) is 5.82 Å². The van der Waals surface area contributed by atoms with Crippen LogP contribution in [0.1, 0.15) is 61.9 Å². The van der Waals surface area contributed by atoms with E-state index in [4.69, 9.17) is 11.6 Å². The van der Waals surface area contributed by atoms with Gasteiger partial charge < -0.3 is 4.98 Å². The van der Waals surface area contributed by atoms with E-state index in [0.717, 1.165) is 36.6 Å². The van der Waals surface area contributed by atoms with Gasteiger partial charge in [-0.3, -0.25) is 0 Å². The number of fused-ring (bicyclic) bond motifs is 1. The van der Waals surface area contributed by atoms with E-state index < -0.39 is 0 Å². The second-order valence-electron chi connectivity index (χ2n) is 6.75. The maximum absolute atomic E-state index is 13.9. The minimum absolute atomic E-state index is 0.191.